The molecule has 0 bridgehead atoms. The predicted molar refractivity (Wildman–Crippen MR) is 132 cm³/mol. The van der Waals surface area contributed by atoms with Crippen molar-refractivity contribution in [3.05, 3.63) is 76.6 Å². The molecule has 9 nitrogen and oxygen atoms in total. The number of hydrogen-bond donors (Lipinski definition) is 3. The first kappa shape index (κ1) is 25.4. The van der Waals surface area contributed by atoms with Gasteiger partial charge in [-0.15, -0.1) is 0 Å². The summed E-state index contributed by atoms with van der Waals surface area (Å²) >= 11 is 6.12. The molecule has 3 rings (SSSR count). The third kappa shape index (κ3) is 5.48. The molecule has 0 atom stereocenters. The number of carbonyl (C=O) groups is 2. The first-order valence-corrected chi connectivity index (χ1v) is 12.1. The molecule has 0 spiro atoms. The van der Waals surface area contributed by atoms with Crippen LogP contribution in [0.4, 0.5) is 0 Å². The molecule has 0 aliphatic heterocycles. The van der Waals surface area contributed by atoms with Gasteiger partial charge in [0.15, 0.2) is 0 Å². The highest BCUT2D eigenvalue weighted by atomic mass is 35.5. The lowest BCUT2D eigenvalue weighted by atomic mass is 10.1. The van der Waals surface area contributed by atoms with Crippen LogP contribution in [0.25, 0.3) is 17.0 Å². The predicted octanol–water partition coefficient (Wildman–Crippen LogP) is 2.22. The first-order chi connectivity index (χ1) is 16.2. The average Bonchev–Trinajstić information content (AvgIpc) is 3.18. The molecule has 2 amide bonds. The van der Waals surface area contributed by atoms with Gasteiger partial charge in [0, 0.05) is 44.4 Å². The van der Waals surface area contributed by atoms with E-state index < -0.39 is 22.0 Å². The van der Waals surface area contributed by atoms with Gasteiger partial charge in [-0.25, -0.2) is 3.97 Å². The van der Waals surface area contributed by atoms with Gasteiger partial charge in [-0.2, -0.15) is 12.7 Å². The van der Waals surface area contributed by atoms with Crippen molar-refractivity contribution in [2.24, 2.45) is 0 Å². The third-order valence-electron chi connectivity index (χ3n) is 4.95. The lowest BCUT2D eigenvalue weighted by Gasteiger charge is -2.13. The van der Waals surface area contributed by atoms with Crippen molar-refractivity contribution in [3.8, 4) is 0 Å². The molecule has 1 aromatic heterocycles. The lowest BCUT2D eigenvalue weighted by molar-refractivity contribution is -0.117. The summed E-state index contributed by atoms with van der Waals surface area (Å²) in [5, 5.41) is 15.0. The van der Waals surface area contributed by atoms with Crippen molar-refractivity contribution in [2.75, 3.05) is 27.2 Å². The Hall–Kier alpha value is -3.18. The normalized spacial score (nSPS) is 12.2. The summed E-state index contributed by atoms with van der Waals surface area (Å²) in [5.74, 6) is -1.19. The summed E-state index contributed by atoms with van der Waals surface area (Å²) < 4.78 is 27.9. The van der Waals surface area contributed by atoms with Gasteiger partial charge in [0.1, 0.15) is 5.70 Å². The molecule has 0 fully saturated rings. The number of halogens is 1. The van der Waals surface area contributed by atoms with Crippen molar-refractivity contribution in [1.82, 2.24) is 18.9 Å². The second-order valence-electron chi connectivity index (χ2n) is 7.51. The zero-order chi connectivity index (χ0) is 24.9. The first-order valence-electron chi connectivity index (χ1n) is 10.4. The third-order valence-corrected chi connectivity index (χ3v) is 7.00. The highest BCUT2D eigenvalue weighted by molar-refractivity contribution is 7.87. The Kier molecular flexibility index (Phi) is 8.11. The Labute approximate surface area is 202 Å². The summed E-state index contributed by atoms with van der Waals surface area (Å²) in [6, 6.07) is 13.2. The number of para-hydroxylation sites is 1. The molecule has 0 unspecified atom stereocenters. The SMILES string of the molecule is CN(C)S(=O)(=O)n1cc(/C=C(\NC(=O)c2ccccc2Cl)C(=O)NCCCO)c2ccccc21. The van der Waals surface area contributed by atoms with Crippen LogP contribution in [-0.2, 0) is 15.0 Å². The molecule has 180 valence electrons. The van der Waals surface area contributed by atoms with Crippen LogP contribution in [0, 0.1) is 0 Å². The minimum atomic E-state index is -3.84. The van der Waals surface area contributed by atoms with Gasteiger partial charge in [0.25, 0.3) is 11.8 Å². The Morgan fingerprint density at radius 3 is 2.47 bits per heavy atom. The maximum atomic E-state index is 12.9. The Bertz CT molecular complexity index is 1350. The van der Waals surface area contributed by atoms with Crippen LogP contribution in [0.1, 0.15) is 22.3 Å². The van der Waals surface area contributed by atoms with Gasteiger partial charge in [0.05, 0.1) is 16.1 Å². The van der Waals surface area contributed by atoms with E-state index in [1.807, 2.05) is 0 Å². The number of aromatic nitrogens is 1. The van der Waals surface area contributed by atoms with Gasteiger partial charge in [-0.1, -0.05) is 41.9 Å². The number of hydrogen-bond acceptors (Lipinski definition) is 5. The number of amides is 2. The van der Waals surface area contributed by atoms with E-state index in [4.69, 9.17) is 16.7 Å². The molecule has 11 heteroatoms. The number of aliphatic hydroxyl groups is 1. The van der Waals surface area contributed by atoms with Crippen molar-refractivity contribution in [1.29, 1.82) is 0 Å². The summed E-state index contributed by atoms with van der Waals surface area (Å²) in [6.07, 6.45) is 3.13. The number of nitrogens with zero attached hydrogens (tertiary/aromatic N) is 2. The zero-order valence-corrected chi connectivity index (χ0v) is 20.2. The van der Waals surface area contributed by atoms with Gasteiger partial charge < -0.3 is 15.7 Å². The smallest absolute Gasteiger partial charge is 0.307 e. The maximum Gasteiger partial charge on any atom is 0.307 e. The van der Waals surface area contributed by atoms with Crippen molar-refractivity contribution in [3.63, 3.8) is 0 Å². The van der Waals surface area contributed by atoms with Crippen molar-refractivity contribution >= 4 is 50.6 Å². The second-order valence-corrected chi connectivity index (χ2v) is 9.94. The van der Waals surface area contributed by atoms with E-state index in [0.29, 0.717) is 22.9 Å². The van der Waals surface area contributed by atoms with E-state index in [2.05, 4.69) is 10.6 Å². The van der Waals surface area contributed by atoms with Gasteiger partial charge >= 0.3 is 10.2 Å². The highest BCUT2D eigenvalue weighted by Crippen LogP contribution is 2.26. The largest absolute Gasteiger partial charge is 0.396 e. The minimum absolute atomic E-state index is 0.104. The summed E-state index contributed by atoms with van der Waals surface area (Å²) in [4.78, 5) is 25.7. The maximum absolute atomic E-state index is 12.9. The lowest BCUT2D eigenvalue weighted by Crippen LogP contribution is -2.35. The standard InChI is InChI=1S/C23H25ClN4O5S/c1-27(2)34(32,33)28-15-16(17-8-4-6-11-21(17)28)14-20(23(31)25-12-7-13-29)26-22(30)18-9-3-5-10-19(18)24/h3-6,8-11,14-15,29H,7,12-13H2,1-2H3,(H,25,31)(H,26,30)/b20-14-. The summed E-state index contributed by atoms with van der Waals surface area (Å²) in [5.41, 5.74) is 0.900. The van der Waals surface area contributed by atoms with E-state index in [1.54, 1.807) is 42.5 Å². The Balaban J connectivity index is 2.10. The van der Waals surface area contributed by atoms with Crippen LogP contribution in [0.5, 0.6) is 0 Å². The van der Waals surface area contributed by atoms with Crippen molar-refractivity contribution < 1.29 is 23.1 Å². The minimum Gasteiger partial charge on any atom is -0.396 e. The quantitative estimate of drug-likeness (QED) is 0.305. The Morgan fingerprint density at radius 2 is 1.79 bits per heavy atom. The summed E-state index contributed by atoms with van der Waals surface area (Å²) in [7, 11) is -1.00. The Morgan fingerprint density at radius 1 is 1.12 bits per heavy atom. The summed E-state index contributed by atoms with van der Waals surface area (Å²) in [6.45, 7) is 0.0760. The molecule has 0 radical (unpaired) electrons. The van der Waals surface area contributed by atoms with Crippen LogP contribution in [0.15, 0.2) is 60.4 Å². The molecule has 3 aromatic rings. The van der Waals surface area contributed by atoms with Gasteiger partial charge in [0.2, 0.25) is 0 Å². The van der Waals surface area contributed by atoms with Crippen LogP contribution < -0.4 is 10.6 Å². The number of carbonyl (C=O) groups excluding carboxylic acids is 2. The molecule has 0 saturated heterocycles. The number of benzene rings is 2. The van der Waals surface area contributed by atoms with E-state index in [0.717, 1.165) is 8.28 Å². The number of aliphatic hydroxyl groups excluding tert-OH is 1. The van der Waals surface area contributed by atoms with Crippen LogP contribution >= 0.6 is 11.6 Å². The molecule has 0 saturated carbocycles. The second kappa shape index (κ2) is 10.8. The van der Waals surface area contributed by atoms with Crippen LogP contribution in [-0.4, -0.2) is 60.9 Å². The molecular formula is C23H25ClN4O5S. The molecule has 3 N–H and O–H groups in total. The van der Waals surface area contributed by atoms with E-state index >= 15 is 0 Å². The van der Waals surface area contributed by atoms with Crippen LogP contribution in [0.2, 0.25) is 5.02 Å². The molecule has 2 aromatic carbocycles. The topological polar surface area (TPSA) is 121 Å². The fourth-order valence-corrected chi connectivity index (χ4v) is 4.41. The molecule has 34 heavy (non-hydrogen) atoms. The van der Waals surface area contributed by atoms with Gasteiger partial charge in [-0.3, -0.25) is 9.59 Å². The molecule has 1 heterocycles. The van der Waals surface area contributed by atoms with E-state index in [-0.39, 0.29) is 29.4 Å². The monoisotopic (exact) mass is 504 g/mol. The van der Waals surface area contributed by atoms with Crippen LogP contribution in [0.3, 0.4) is 0 Å². The van der Waals surface area contributed by atoms with Crippen molar-refractivity contribution in [2.45, 2.75) is 6.42 Å². The van der Waals surface area contributed by atoms with E-state index in [9.17, 15) is 18.0 Å². The van der Waals surface area contributed by atoms with E-state index in [1.165, 1.54) is 32.4 Å². The zero-order valence-electron chi connectivity index (χ0n) is 18.7. The number of fused-ring (bicyclic) bond motifs is 1. The molecule has 0 aliphatic carbocycles. The fraction of sp³-hybridized carbons (Fsp3) is 0.217. The fourth-order valence-electron chi connectivity index (χ4n) is 3.18. The molecular weight excluding hydrogens is 480 g/mol. The average molecular weight is 505 g/mol. The highest BCUT2D eigenvalue weighted by Gasteiger charge is 2.22. The number of nitrogens with one attached hydrogen (secondary N) is 2. The molecule has 0 aliphatic rings. The number of rotatable bonds is 9. The van der Waals surface area contributed by atoms with Gasteiger partial charge in [-0.05, 0) is 30.7 Å².